The zero-order chi connectivity index (χ0) is 13.6. The van der Waals surface area contributed by atoms with E-state index in [0.29, 0.717) is 23.7 Å². The monoisotopic (exact) mass is 299 g/mol. The highest BCUT2D eigenvalue weighted by Crippen LogP contribution is 2.30. The van der Waals surface area contributed by atoms with E-state index >= 15 is 0 Å². The lowest BCUT2D eigenvalue weighted by Gasteiger charge is -2.12. The SMILES string of the molecule is NCCc1c(Cl)cccc1OCCSC(F)(F)F. The van der Waals surface area contributed by atoms with Gasteiger partial charge >= 0.3 is 5.51 Å². The molecule has 1 aromatic carbocycles. The Labute approximate surface area is 113 Å². The Kier molecular flexibility index (Phi) is 6.11. The molecule has 0 bridgehead atoms. The second kappa shape index (κ2) is 7.11. The topological polar surface area (TPSA) is 35.2 Å². The number of rotatable bonds is 6. The smallest absolute Gasteiger partial charge is 0.441 e. The summed E-state index contributed by atoms with van der Waals surface area (Å²) in [5, 5.41) is 0.515. The van der Waals surface area contributed by atoms with Gasteiger partial charge in [0.2, 0.25) is 0 Å². The van der Waals surface area contributed by atoms with E-state index in [9.17, 15) is 13.2 Å². The molecule has 0 aromatic heterocycles. The minimum atomic E-state index is -4.22. The Morgan fingerprint density at radius 2 is 2.06 bits per heavy atom. The van der Waals surface area contributed by atoms with E-state index < -0.39 is 5.51 Å². The molecule has 7 heteroatoms. The first-order valence-electron chi connectivity index (χ1n) is 5.25. The molecule has 0 fully saturated rings. The van der Waals surface area contributed by atoms with Crippen molar-refractivity contribution in [1.29, 1.82) is 0 Å². The summed E-state index contributed by atoms with van der Waals surface area (Å²) in [5.41, 5.74) is 1.95. The molecule has 0 unspecified atom stereocenters. The maximum absolute atomic E-state index is 11.9. The Morgan fingerprint density at radius 3 is 2.67 bits per heavy atom. The summed E-state index contributed by atoms with van der Waals surface area (Å²) in [6.45, 7) is 0.374. The molecule has 1 rings (SSSR count). The van der Waals surface area contributed by atoms with E-state index in [1.165, 1.54) is 0 Å². The van der Waals surface area contributed by atoms with E-state index in [-0.39, 0.29) is 24.1 Å². The van der Waals surface area contributed by atoms with Gasteiger partial charge < -0.3 is 10.5 Å². The molecule has 0 aliphatic heterocycles. The van der Waals surface area contributed by atoms with Gasteiger partial charge in [-0.05, 0) is 36.9 Å². The van der Waals surface area contributed by atoms with Crippen LogP contribution < -0.4 is 10.5 Å². The first kappa shape index (κ1) is 15.5. The molecular weight excluding hydrogens is 287 g/mol. The zero-order valence-electron chi connectivity index (χ0n) is 9.47. The Balaban J connectivity index is 2.54. The standard InChI is InChI=1S/C11H13ClF3NOS/c12-9-2-1-3-10(8(9)4-5-16)17-6-7-18-11(13,14)15/h1-3H,4-7,16H2. The van der Waals surface area contributed by atoms with Gasteiger partial charge in [0.15, 0.2) is 0 Å². The van der Waals surface area contributed by atoms with Gasteiger partial charge in [0.1, 0.15) is 5.75 Å². The molecule has 1 aromatic rings. The van der Waals surface area contributed by atoms with Crippen LogP contribution in [0.3, 0.4) is 0 Å². The maximum atomic E-state index is 11.9. The summed E-state index contributed by atoms with van der Waals surface area (Å²) in [7, 11) is 0. The quantitative estimate of drug-likeness (QED) is 0.817. The first-order chi connectivity index (χ1) is 8.44. The number of benzene rings is 1. The number of hydrogen-bond donors (Lipinski definition) is 1. The minimum Gasteiger partial charge on any atom is -0.492 e. The van der Waals surface area contributed by atoms with Crippen molar-refractivity contribution >= 4 is 23.4 Å². The van der Waals surface area contributed by atoms with Crippen molar-refractivity contribution < 1.29 is 17.9 Å². The Morgan fingerprint density at radius 1 is 1.33 bits per heavy atom. The van der Waals surface area contributed by atoms with Crippen LogP contribution in [0.5, 0.6) is 5.75 Å². The molecule has 0 saturated carbocycles. The molecule has 0 atom stereocenters. The third-order valence-electron chi connectivity index (χ3n) is 2.08. The molecule has 2 nitrogen and oxygen atoms in total. The van der Waals surface area contributed by atoms with Crippen molar-refractivity contribution in [2.75, 3.05) is 18.9 Å². The van der Waals surface area contributed by atoms with E-state index in [4.69, 9.17) is 22.1 Å². The van der Waals surface area contributed by atoms with Gasteiger partial charge in [-0.3, -0.25) is 0 Å². The summed E-state index contributed by atoms with van der Waals surface area (Å²) < 4.78 is 41.1. The number of ether oxygens (including phenoxy) is 1. The lowest BCUT2D eigenvalue weighted by atomic mass is 10.1. The number of hydrogen-bond acceptors (Lipinski definition) is 3. The molecule has 0 radical (unpaired) electrons. The van der Waals surface area contributed by atoms with Crippen LogP contribution in [0.1, 0.15) is 5.56 Å². The van der Waals surface area contributed by atoms with Gasteiger partial charge in [-0.1, -0.05) is 17.7 Å². The number of alkyl halides is 3. The van der Waals surface area contributed by atoms with Crippen LogP contribution in [0.25, 0.3) is 0 Å². The highest BCUT2D eigenvalue weighted by atomic mass is 35.5. The summed E-state index contributed by atoms with van der Waals surface area (Å²) in [5.74, 6) is 0.341. The van der Waals surface area contributed by atoms with E-state index in [2.05, 4.69) is 0 Å². The molecule has 2 N–H and O–H groups in total. The van der Waals surface area contributed by atoms with Crippen LogP contribution in [0.4, 0.5) is 13.2 Å². The van der Waals surface area contributed by atoms with Gasteiger partial charge in [-0.15, -0.1) is 0 Å². The fourth-order valence-corrected chi connectivity index (χ4v) is 2.03. The molecular formula is C11H13ClF3NOS. The fourth-order valence-electron chi connectivity index (χ4n) is 1.37. The third kappa shape index (κ3) is 5.37. The number of halogens is 4. The second-order valence-corrected chi connectivity index (χ2v) is 4.96. The fraction of sp³-hybridized carbons (Fsp3) is 0.455. The predicted octanol–water partition coefficient (Wildman–Crippen LogP) is 3.47. The molecule has 102 valence electrons. The summed E-state index contributed by atoms with van der Waals surface area (Å²) in [4.78, 5) is 0. The van der Waals surface area contributed by atoms with Gasteiger partial charge in [0.05, 0.1) is 6.61 Å². The largest absolute Gasteiger partial charge is 0.492 e. The van der Waals surface area contributed by atoms with Crippen molar-refractivity contribution in [3.8, 4) is 5.75 Å². The molecule has 0 aliphatic carbocycles. The van der Waals surface area contributed by atoms with Crippen molar-refractivity contribution in [3.05, 3.63) is 28.8 Å². The average molecular weight is 300 g/mol. The maximum Gasteiger partial charge on any atom is 0.441 e. The normalized spacial score (nSPS) is 11.6. The summed E-state index contributed by atoms with van der Waals surface area (Å²) in [6, 6.07) is 5.06. The zero-order valence-corrected chi connectivity index (χ0v) is 11.0. The van der Waals surface area contributed by atoms with E-state index in [1.807, 2.05) is 0 Å². The summed E-state index contributed by atoms with van der Waals surface area (Å²) in [6.07, 6.45) is 0.529. The lowest BCUT2D eigenvalue weighted by Crippen LogP contribution is -2.10. The highest BCUT2D eigenvalue weighted by molar-refractivity contribution is 8.00. The third-order valence-corrected chi connectivity index (χ3v) is 3.13. The molecule has 0 amide bonds. The minimum absolute atomic E-state index is 0.0257. The van der Waals surface area contributed by atoms with Crippen LogP contribution in [0.2, 0.25) is 5.02 Å². The van der Waals surface area contributed by atoms with Crippen LogP contribution in [0, 0.1) is 0 Å². The van der Waals surface area contributed by atoms with Crippen LogP contribution >= 0.6 is 23.4 Å². The Hall–Kier alpha value is -0.590. The van der Waals surface area contributed by atoms with Crippen LogP contribution in [-0.4, -0.2) is 24.4 Å². The van der Waals surface area contributed by atoms with Gasteiger partial charge in [0.25, 0.3) is 0 Å². The second-order valence-electron chi connectivity index (χ2n) is 3.40. The molecule has 0 spiro atoms. The van der Waals surface area contributed by atoms with Crippen molar-refractivity contribution in [3.63, 3.8) is 0 Å². The number of nitrogens with two attached hydrogens (primary N) is 1. The average Bonchev–Trinajstić information content (AvgIpc) is 2.27. The lowest BCUT2D eigenvalue weighted by molar-refractivity contribution is -0.0329. The van der Waals surface area contributed by atoms with Crippen LogP contribution in [-0.2, 0) is 6.42 Å². The van der Waals surface area contributed by atoms with E-state index in [1.54, 1.807) is 18.2 Å². The molecule has 18 heavy (non-hydrogen) atoms. The number of thioether (sulfide) groups is 1. The van der Waals surface area contributed by atoms with Crippen molar-refractivity contribution in [2.24, 2.45) is 5.73 Å². The Bertz CT molecular complexity index is 387. The van der Waals surface area contributed by atoms with Crippen LogP contribution in [0.15, 0.2) is 18.2 Å². The van der Waals surface area contributed by atoms with Gasteiger partial charge in [-0.25, -0.2) is 0 Å². The van der Waals surface area contributed by atoms with Gasteiger partial charge in [-0.2, -0.15) is 13.2 Å². The van der Waals surface area contributed by atoms with E-state index in [0.717, 1.165) is 5.56 Å². The molecule has 0 aliphatic rings. The highest BCUT2D eigenvalue weighted by Gasteiger charge is 2.27. The van der Waals surface area contributed by atoms with Crippen molar-refractivity contribution in [1.82, 2.24) is 0 Å². The first-order valence-corrected chi connectivity index (χ1v) is 6.61. The summed E-state index contributed by atoms with van der Waals surface area (Å²) >= 11 is 5.87. The van der Waals surface area contributed by atoms with Gasteiger partial charge in [0, 0.05) is 16.3 Å². The molecule has 0 heterocycles. The predicted molar refractivity (Wildman–Crippen MR) is 68.2 cm³/mol. The van der Waals surface area contributed by atoms with Crippen molar-refractivity contribution in [2.45, 2.75) is 11.9 Å². The molecule has 0 saturated heterocycles.